The van der Waals surface area contributed by atoms with Gasteiger partial charge in [-0.1, -0.05) is 6.92 Å². The molecule has 0 aromatic carbocycles. The van der Waals surface area contributed by atoms with E-state index in [1.807, 2.05) is 24.0 Å². The first-order valence-electron chi connectivity index (χ1n) is 11.1. The van der Waals surface area contributed by atoms with E-state index >= 15 is 0 Å². The van der Waals surface area contributed by atoms with Crippen molar-refractivity contribution in [1.29, 1.82) is 0 Å². The van der Waals surface area contributed by atoms with Crippen molar-refractivity contribution in [2.75, 3.05) is 46.9 Å². The number of amidine groups is 1. The number of aromatic nitrogens is 1. The first kappa shape index (κ1) is 22.3. The Labute approximate surface area is 194 Å². The predicted molar refractivity (Wildman–Crippen MR) is 122 cm³/mol. The van der Waals surface area contributed by atoms with E-state index in [2.05, 4.69) is 60.8 Å². The van der Waals surface area contributed by atoms with Gasteiger partial charge in [-0.25, -0.2) is 0 Å². The van der Waals surface area contributed by atoms with E-state index < -0.39 is 0 Å². The number of pyridine rings is 1. The second-order valence-corrected chi connectivity index (χ2v) is 10.5. The zero-order valence-electron chi connectivity index (χ0n) is 19.2. The average molecular weight is 486 g/mol. The second-order valence-electron chi connectivity index (χ2n) is 9.42. The van der Waals surface area contributed by atoms with E-state index in [9.17, 15) is 4.79 Å². The van der Waals surface area contributed by atoms with Gasteiger partial charge < -0.3 is 0 Å². The number of hydrogen-bond donors (Lipinski definition) is 0. The summed E-state index contributed by atoms with van der Waals surface area (Å²) in [7, 11) is 4.38. The molecule has 0 spiro atoms. The molecule has 31 heavy (non-hydrogen) atoms. The molecule has 3 aliphatic heterocycles. The molecule has 8 heteroatoms. The summed E-state index contributed by atoms with van der Waals surface area (Å²) in [5.41, 5.74) is 1.29. The Morgan fingerprint density at radius 2 is 1.87 bits per heavy atom. The topological polar surface area (TPSA) is 58.0 Å². The van der Waals surface area contributed by atoms with Gasteiger partial charge >= 0.3 is 161 Å². The molecule has 0 N–H and O–H groups in total. The molecule has 2 saturated heterocycles. The van der Waals surface area contributed by atoms with Crippen LogP contribution in [0, 0.1) is 18.8 Å². The van der Waals surface area contributed by atoms with Crippen LogP contribution in [0.25, 0.3) is 0 Å². The molecule has 2 fully saturated rings. The number of fused-ring (bicyclic) bond motifs is 1. The number of likely N-dealkylation sites (tertiary alicyclic amines) is 2. The van der Waals surface area contributed by atoms with Crippen molar-refractivity contribution in [3.05, 3.63) is 35.4 Å². The molecule has 166 valence electrons. The van der Waals surface area contributed by atoms with Gasteiger partial charge in [-0.05, 0) is 19.4 Å². The van der Waals surface area contributed by atoms with E-state index in [-0.39, 0.29) is 5.91 Å². The molecule has 3 unspecified atom stereocenters. The third kappa shape index (κ3) is 4.27. The van der Waals surface area contributed by atoms with Crippen LogP contribution in [0.1, 0.15) is 36.5 Å². The van der Waals surface area contributed by atoms with Crippen LogP contribution in [0.15, 0.2) is 29.0 Å². The minimum absolute atomic E-state index is 0.00790. The summed E-state index contributed by atoms with van der Waals surface area (Å²) in [6.07, 6.45) is 3.17. The van der Waals surface area contributed by atoms with Gasteiger partial charge in [0.25, 0.3) is 0 Å². The van der Waals surface area contributed by atoms with Crippen molar-refractivity contribution < 1.29 is 14.0 Å². The summed E-state index contributed by atoms with van der Waals surface area (Å²) in [6, 6.07) is 3.78. The summed E-state index contributed by atoms with van der Waals surface area (Å²) >= 11 is 2.77. The summed E-state index contributed by atoms with van der Waals surface area (Å²) < 4.78 is 6.58. The van der Waals surface area contributed by atoms with E-state index in [1.165, 1.54) is 0 Å². The molecule has 4 heterocycles. The third-order valence-corrected chi connectivity index (χ3v) is 8.35. The van der Waals surface area contributed by atoms with Crippen LogP contribution in [0.4, 0.5) is 0 Å². The van der Waals surface area contributed by atoms with Crippen molar-refractivity contribution in [3.63, 3.8) is 0 Å². The van der Waals surface area contributed by atoms with Gasteiger partial charge in [-0.2, -0.15) is 0 Å². The van der Waals surface area contributed by atoms with Crippen molar-refractivity contribution in [2.45, 2.75) is 32.0 Å². The standard InChI is InChI=1S/C23H33AsN5O2/c1-6-9-31-19-8-7-15(2)25-22(19)23(30)28-13-17-11-27(12-18(17)14-28)21-10-20(24)29(4,5)16(3)26-21/h7-8,10,17-18,20H,6,9,11-14H2,1-5H3/q+1. The molecule has 1 aromatic rings. The second kappa shape index (κ2) is 8.59. The van der Waals surface area contributed by atoms with E-state index in [0.29, 0.717) is 34.7 Å². The summed E-state index contributed by atoms with van der Waals surface area (Å²) in [4.78, 5) is 27.4. The number of carbonyl (C=O) groups excluding carboxylic acids is 1. The van der Waals surface area contributed by atoms with Crippen LogP contribution < -0.4 is 4.74 Å². The Balaban J connectivity index is 1.44. The molecule has 0 aliphatic carbocycles. The number of aryl methyl sites for hydroxylation is 1. The van der Waals surface area contributed by atoms with Gasteiger partial charge in [-0.15, -0.1) is 0 Å². The Bertz CT molecular complexity index is 915. The molecule has 0 bridgehead atoms. The molecular formula is C23H33AsN5O2+. The summed E-state index contributed by atoms with van der Waals surface area (Å²) in [6.45, 7) is 10.1. The fourth-order valence-electron chi connectivity index (χ4n) is 4.54. The number of likely N-dealkylation sites (N-methyl/N-ethyl adjacent to an activating group) is 1. The Morgan fingerprint density at radius 1 is 1.19 bits per heavy atom. The molecule has 2 radical (unpaired) electrons. The first-order valence-corrected chi connectivity index (χ1v) is 12.2. The number of aliphatic imine (C=N–C) groups is 1. The van der Waals surface area contributed by atoms with Crippen molar-refractivity contribution in [2.24, 2.45) is 16.8 Å². The molecule has 1 amide bonds. The van der Waals surface area contributed by atoms with Crippen LogP contribution in [0.3, 0.4) is 0 Å². The SMILES string of the molecule is CCCOc1ccc(C)nc1C(=O)N1CC2CN(C3=CC([As])[N+](C)(C)C(C)=N3)CC2C1. The minimum atomic E-state index is -0.00790. The van der Waals surface area contributed by atoms with Crippen LogP contribution in [-0.2, 0) is 0 Å². The van der Waals surface area contributed by atoms with Crippen molar-refractivity contribution in [1.82, 2.24) is 14.8 Å². The summed E-state index contributed by atoms with van der Waals surface area (Å²) in [5.74, 6) is 3.75. The molecule has 1 aromatic heterocycles. The number of ether oxygens (including phenoxy) is 1. The summed E-state index contributed by atoms with van der Waals surface area (Å²) in [5, 5.41) is 0. The average Bonchev–Trinajstić information content (AvgIpc) is 3.30. The van der Waals surface area contributed by atoms with E-state index in [4.69, 9.17) is 9.73 Å². The number of rotatable bonds is 5. The number of carbonyl (C=O) groups is 1. The fraction of sp³-hybridized carbons (Fsp3) is 0.609. The normalized spacial score (nSPS) is 27.1. The van der Waals surface area contributed by atoms with Crippen LogP contribution >= 0.6 is 0 Å². The monoisotopic (exact) mass is 486 g/mol. The van der Waals surface area contributed by atoms with Crippen LogP contribution in [-0.4, -0.2) is 99.6 Å². The Kier molecular flexibility index (Phi) is 6.19. The van der Waals surface area contributed by atoms with Crippen molar-refractivity contribution in [3.8, 4) is 5.75 Å². The number of quaternary nitrogens is 1. The fourth-order valence-corrected chi connectivity index (χ4v) is 5.17. The van der Waals surface area contributed by atoms with Crippen LogP contribution in [0.5, 0.6) is 5.75 Å². The van der Waals surface area contributed by atoms with Gasteiger partial charge in [0.1, 0.15) is 0 Å². The maximum absolute atomic E-state index is 13.3. The Morgan fingerprint density at radius 3 is 2.48 bits per heavy atom. The van der Waals surface area contributed by atoms with Gasteiger partial charge in [0.2, 0.25) is 0 Å². The first-order chi connectivity index (χ1) is 14.7. The van der Waals surface area contributed by atoms with Crippen LogP contribution in [0.2, 0.25) is 0 Å². The quantitative estimate of drug-likeness (QED) is 0.472. The predicted octanol–water partition coefficient (Wildman–Crippen LogP) is 2.03. The van der Waals surface area contributed by atoms with Gasteiger partial charge in [0.15, 0.2) is 0 Å². The molecule has 3 atom stereocenters. The van der Waals surface area contributed by atoms with E-state index in [0.717, 1.165) is 54.4 Å². The number of nitrogens with zero attached hydrogens (tertiary/aromatic N) is 5. The van der Waals surface area contributed by atoms with E-state index in [1.54, 1.807) is 0 Å². The number of amides is 1. The third-order valence-electron chi connectivity index (χ3n) is 6.83. The molecule has 4 rings (SSSR count). The molecule has 7 nitrogen and oxygen atoms in total. The van der Waals surface area contributed by atoms with Gasteiger partial charge in [0.05, 0.1) is 6.61 Å². The van der Waals surface area contributed by atoms with Crippen molar-refractivity contribution >= 4 is 28.6 Å². The Hall–Kier alpha value is -1.85. The molecule has 3 aliphatic rings. The van der Waals surface area contributed by atoms with Gasteiger partial charge in [-0.3, -0.25) is 0 Å². The van der Waals surface area contributed by atoms with Gasteiger partial charge in [0, 0.05) is 0 Å². The molecular weight excluding hydrogens is 453 g/mol. The molecule has 0 saturated carbocycles. The maximum atomic E-state index is 13.3. The zero-order valence-corrected chi connectivity index (χ0v) is 21.1. The number of hydrogen-bond acceptors (Lipinski definition) is 5. The zero-order chi connectivity index (χ0) is 22.3.